The van der Waals surface area contributed by atoms with Crippen LogP contribution in [0.15, 0.2) is 33.3 Å². The van der Waals surface area contributed by atoms with Crippen molar-refractivity contribution in [2.75, 3.05) is 10.6 Å². The third-order valence-electron chi connectivity index (χ3n) is 3.73. The van der Waals surface area contributed by atoms with E-state index >= 15 is 0 Å². The molecule has 1 aliphatic rings. The molecule has 0 aliphatic heterocycles. The first-order valence-corrected chi connectivity index (χ1v) is 8.04. The van der Waals surface area contributed by atoms with Gasteiger partial charge in [0.15, 0.2) is 5.82 Å². The minimum atomic E-state index is -0.323. The maximum atomic E-state index is 12.2. The lowest BCUT2D eigenvalue weighted by molar-refractivity contribution is -0.122. The number of hydrogen-bond acceptors (Lipinski definition) is 4. The molecule has 2 N–H and O–H groups in total. The zero-order chi connectivity index (χ0) is 16.6. The van der Waals surface area contributed by atoms with Gasteiger partial charge in [-0.1, -0.05) is 11.2 Å². The Morgan fingerprint density at radius 1 is 1.17 bits per heavy atom. The minimum Gasteiger partial charge on any atom is -0.360 e. The quantitative estimate of drug-likeness (QED) is 0.855. The molecule has 6 nitrogen and oxygen atoms in total. The molecule has 0 spiro atoms. The van der Waals surface area contributed by atoms with E-state index < -0.39 is 0 Å². The van der Waals surface area contributed by atoms with Gasteiger partial charge in [0.25, 0.3) is 0 Å². The maximum absolute atomic E-state index is 12.2. The van der Waals surface area contributed by atoms with Gasteiger partial charge in [0.1, 0.15) is 5.76 Å². The van der Waals surface area contributed by atoms with Gasteiger partial charge in [-0.05, 0) is 53.9 Å². The molecule has 1 saturated carbocycles. The number of hydrogen-bond donors (Lipinski definition) is 2. The van der Waals surface area contributed by atoms with E-state index in [1.807, 2.05) is 25.1 Å². The lowest BCUT2D eigenvalue weighted by Gasteiger charge is -2.08. The van der Waals surface area contributed by atoms with Gasteiger partial charge < -0.3 is 15.2 Å². The van der Waals surface area contributed by atoms with Crippen LogP contribution in [0.4, 0.5) is 11.5 Å². The molecule has 2 atom stereocenters. The van der Waals surface area contributed by atoms with Crippen LogP contribution in [0.2, 0.25) is 0 Å². The summed E-state index contributed by atoms with van der Waals surface area (Å²) in [6, 6.07) is 7.33. The highest BCUT2D eigenvalue weighted by molar-refractivity contribution is 9.10. The van der Waals surface area contributed by atoms with Crippen molar-refractivity contribution in [3.63, 3.8) is 0 Å². The second-order valence-electron chi connectivity index (χ2n) is 5.73. The topological polar surface area (TPSA) is 84.2 Å². The Bertz CT molecular complexity index is 772. The molecular formula is C16H16BrN3O3. The van der Waals surface area contributed by atoms with E-state index in [1.165, 1.54) is 0 Å². The molecular weight excluding hydrogens is 362 g/mol. The highest BCUT2D eigenvalue weighted by atomic mass is 79.9. The molecule has 2 unspecified atom stereocenters. The van der Waals surface area contributed by atoms with E-state index in [-0.39, 0.29) is 23.7 Å². The first-order valence-electron chi connectivity index (χ1n) is 7.25. The average Bonchev–Trinajstić information content (AvgIpc) is 3.20. The van der Waals surface area contributed by atoms with Crippen molar-refractivity contribution in [3.05, 3.63) is 40.1 Å². The van der Waals surface area contributed by atoms with Gasteiger partial charge in [0.2, 0.25) is 11.8 Å². The monoisotopic (exact) mass is 377 g/mol. The standard InChI is InChI=1S/C16H16BrN3O3/c1-8-3-4-13(12(17)5-8)18-15(21)10-7-11(10)16(22)19-14-6-9(2)23-20-14/h3-6,10-11H,7H2,1-2H3,(H,18,21)(H,19,20,22). The smallest absolute Gasteiger partial charge is 0.229 e. The van der Waals surface area contributed by atoms with Crippen LogP contribution < -0.4 is 10.6 Å². The first-order chi connectivity index (χ1) is 10.9. The van der Waals surface area contributed by atoms with E-state index in [4.69, 9.17) is 4.52 Å². The SMILES string of the molecule is Cc1ccc(NC(=O)C2CC2C(=O)Nc2cc(C)on2)c(Br)c1. The van der Waals surface area contributed by atoms with Crippen molar-refractivity contribution < 1.29 is 14.1 Å². The van der Waals surface area contributed by atoms with Crippen LogP contribution in [0.5, 0.6) is 0 Å². The van der Waals surface area contributed by atoms with Gasteiger partial charge in [-0.25, -0.2) is 0 Å². The van der Waals surface area contributed by atoms with E-state index in [9.17, 15) is 9.59 Å². The Balaban J connectivity index is 1.57. The van der Waals surface area contributed by atoms with Crippen LogP contribution in [-0.4, -0.2) is 17.0 Å². The molecule has 3 rings (SSSR count). The normalized spacial score (nSPS) is 19.3. The van der Waals surface area contributed by atoms with Crippen LogP contribution >= 0.6 is 15.9 Å². The number of benzene rings is 1. The van der Waals surface area contributed by atoms with Gasteiger partial charge >= 0.3 is 0 Å². The second-order valence-corrected chi connectivity index (χ2v) is 6.59. The summed E-state index contributed by atoms with van der Waals surface area (Å²) in [6.07, 6.45) is 0.540. The molecule has 0 saturated heterocycles. The number of nitrogens with zero attached hydrogens (tertiary/aromatic N) is 1. The third kappa shape index (κ3) is 3.61. The van der Waals surface area contributed by atoms with Gasteiger partial charge in [-0.15, -0.1) is 0 Å². The van der Waals surface area contributed by atoms with Crippen molar-refractivity contribution >= 4 is 39.2 Å². The van der Waals surface area contributed by atoms with E-state index in [0.717, 1.165) is 10.0 Å². The summed E-state index contributed by atoms with van der Waals surface area (Å²) in [7, 11) is 0. The number of anilines is 2. The molecule has 1 fully saturated rings. The van der Waals surface area contributed by atoms with Gasteiger partial charge in [-0.2, -0.15) is 0 Å². The summed E-state index contributed by atoms with van der Waals surface area (Å²) in [6.45, 7) is 3.72. The Kier molecular flexibility index (Phi) is 4.21. The molecule has 2 amide bonds. The van der Waals surface area contributed by atoms with E-state index in [1.54, 1.807) is 13.0 Å². The van der Waals surface area contributed by atoms with Crippen LogP contribution in [0, 0.1) is 25.7 Å². The molecule has 7 heteroatoms. The molecule has 1 heterocycles. The highest BCUT2D eigenvalue weighted by Crippen LogP contribution is 2.40. The van der Waals surface area contributed by atoms with Crippen molar-refractivity contribution in [3.8, 4) is 0 Å². The Labute approximate surface area is 141 Å². The fraction of sp³-hybridized carbons (Fsp3) is 0.312. The zero-order valence-corrected chi connectivity index (χ0v) is 14.3. The predicted octanol–water partition coefficient (Wildman–Crippen LogP) is 3.27. The molecule has 1 aromatic carbocycles. The number of carbonyl (C=O) groups excluding carboxylic acids is 2. The summed E-state index contributed by atoms with van der Waals surface area (Å²) in [5, 5.41) is 9.22. The summed E-state index contributed by atoms with van der Waals surface area (Å²) in [5.74, 6) is 0.00865. The summed E-state index contributed by atoms with van der Waals surface area (Å²) in [4.78, 5) is 24.3. The number of rotatable bonds is 4. The van der Waals surface area contributed by atoms with Crippen LogP contribution in [0.1, 0.15) is 17.7 Å². The Morgan fingerprint density at radius 3 is 2.48 bits per heavy atom. The number of halogens is 1. The third-order valence-corrected chi connectivity index (χ3v) is 4.38. The van der Waals surface area contributed by atoms with Crippen LogP contribution in [0.25, 0.3) is 0 Å². The van der Waals surface area contributed by atoms with Gasteiger partial charge in [0.05, 0.1) is 17.5 Å². The number of amides is 2. The molecule has 1 aromatic heterocycles. The van der Waals surface area contributed by atoms with Crippen LogP contribution in [0.3, 0.4) is 0 Å². The fourth-order valence-electron chi connectivity index (χ4n) is 2.37. The van der Waals surface area contributed by atoms with E-state index in [2.05, 4.69) is 31.7 Å². The van der Waals surface area contributed by atoms with Gasteiger partial charge in [0, 0.05) is 10.5 Å². The zero-order valence-electron chi connectivity index (χ0n) is 12.7. The van der Waals surface area contributed by atoms with E-state index in [0.29, 0.717) is 23.7 Å². The molecule has 0 radical (unpaired) electrons. The fourth-order valence-corrected chi connectivity index (χ4v) is 2.96. The second kappa shape index (κ2) is 6.16. The Hall–Kier alpha value is -2.15. The molecule has 1 aliphatic carbocycles. The number of aryl methyl sites for hydroxylation is 2. The highest BCUT2D eigenvalue weighted by Gasteiger charge is 2.48. The van der Waals surface area contributed by atoms with Crippen molar-refractivity contribution in [1.29, 1.82) is 0 Å². The lowest BCUT2D eigenvalue weighted by Crippen LogP contribution is -2.20. The number of nitrogens with one attached hydrogen (secondary N) is 2. The summed E-state index contributed by atoms with van der Waals surface area (Å²) >= 11 is 3.42. The summed E-state index contributed by atoms with van der Waals surface area (Å²) in [5.41, 5.74) is 1.81. The maximum Gasteiger partial charge on any atom is 0.229 e. The van der Waals surface area contributed by atoms with Crippen molar-refractivity contribution in [2.45, 2.75) is 20.3 Å². The average molecular weight is 378 g/mol. The molecule has 23 heavy (non-hydrogen) atoms. The summed E-state index contributed by atoms with van der Waals surface area (Å²) < 4.78 is 5.72. The minimum absolute atomic E-state index is 0.147. The Morgan fingerprint density at radius 2 is 1.87 bits per heavy atom. The first kappa shape index (κ1) is 15.7. The lowest BCUT2D eigenvalue weighted by atomic mass is 10.2. The van der Waals surface area contributed by atoms with Crippen molar-refractivity contribution in [1.82, 2.24) is 5.16 Å². The van der Waals surface area contributed by atoms with Gasteiger partial charge in [-0.3, -0.25) is 9.59 Å². The van der Waals surface area contributed by atoms with Crippen LogP contribution in [-0.2, 0) is 9.59 Å². The molecule has 0 bridgehead atoms. The molecule has 2 aromatic rings. The largest absolute Gasteiger partial charge is 0.360 e. The van der Waals surface area contributed by atoms with Crippen molar-refractivity contribution in [2.24, 2.45) is 11.8 Å². The molecule has 120 valence electrons. The number of carbonyl (C=O) groups is 2. The predicted molar refractivity (Wildman–Crippen MR) is 89.0 cm³/mol. The number of aromatic nitrogens is 1.